The van der Waals surface area contributed by atoms with Crippen LogP contribution in [0.5, 0.6) is 0 Å². The van der Waals surface area contributed by atoms with Gasteiger partial charge in [-0.15, -0.1) is 10.2 Å². The van der Waals surface area contributed by atoms with E-state index in [9.17, 15) is 4.79 Å². The predicted octanol–water partition coefficient (Wildman–Crippen LogP) is 3.77. The molecule has 8 heteroatoms. The molecular formula is C19H22N6OS. The molecule has 0 fully saturated rings. The second kappa shape index (κ2) is 7.48. The van der Waals surface area contributed by atoms with Gasteiger partial charge in [-0.25, -0.2) is 9.97 Å². The summed E-state index contributed by atoms with van der Waals surface area (Å²) in [4.78, 5) is 20.4. The Balaban J connectivity index is 1.95. The van der Waals surface area contributed by atoms with E-state index in [-0.39, 0.29) is 11.3 Å². The number of rotatable bonds is 4. The second-order valence-electron chi connectivity index (χ2n) is 7.17. The Morgan fingerprint density at radius 2 is 1.96 bits per heavy atom. The van der Waals surface area contributed by atoms with Gasteiger partial charge in [0.25, 0.3) is 0 Å². The highest BCUT2D eigenvalue weighted by atomic mass is 32.2. The van der Waals surface area contributed by atoms with E-state index < -0.39 is 0 Å². The lowest BCUT2D eigenvalue weighted by molar-refractivity contribution is -0.114. The van der Waals surface area contributed by atoms with Crippen molar-refractivity contribution in [3.05, 3.63) is 48.2 Å². The third-order valence-corrected chi connectivity index (χ3v) is 4.60. The van der Waals surface area contributed by atoms with Crippen LogP contribution in [0, 0.1) is 6.92 Å². The summed E-state index contributed by atoms with van der Waals surface area (Å²) in [5.74, 6) is 1.42. The Bertz CT molecular complexity index is 976. The SMILES string of the molecule is CC(=O)Nc1cccc(-n2c(C)nnc2Sc2ccnc(C(C)(C)C)n2)c1. The molecule has 1 amide bonds. The molecule has 0 radical (unpaired) electrons. The number of carbonyl (C=O) groups is 1. The van der Waals surface area contributed by atoms with Crippen LogP contribution >= 0.6 is 11.8 Å². The maximum absolute atomic E-state index is 11.3. The van der Waals surface area contributed by atoms with Crippen molar-refractivity contribution < 1.29 is 4.79 Å². The van der Waals surface area contributed by atoms with E-state index >= 15 is 0 Å². The third-order valence-electron chi connectivity index (χ3n) is 3.72. The van der Waals surface area contributed by atoms with Gasteiger partial charge in [-0.05, 0) is 43.0 Å². The van der Waals surface area contributed by atoms with Gasteiger partial charge in [-0.1, -0.05) is 26.8 Å². The molecule has 1 N–H and O–H groups in total. The molecule has 7 nitrogen and oxygen atoms in total. The van der Waals surface area contributed by atoms with Crippen LogP contribution in [0.1, 0.15) is 39.3 Å². The van der Waals surface area contributed by atoms with Crippen molar-refractivity contribution in [3.8, 4) is 5.69 Å². The first-order valence-corrected chi connectivity index (χ1v) is 9.37. The molecule has 0 saturated heterocycles. The summed E-state index contributed by atoms with van der Waals surface area (Å²) in [5, 5.41) is 12.8. The average Bonchev–Trinajstić information content (AvgIpc) is 2.94. The van der Waals surface area contributed by atoms with Crippen molar-refractivity contribution in [3.63, 3.8) is 0 Å². The molecule has 0 spiro atoms. The van der Waals surface area contributed by atoms with E-state index in [2.05, 4.69) is 46.3 Å². The van der Waals surface area contributed by atoms with Gasteiger partial charge in [0.1, 0.15) is 16.7 Å². The fourth-order valence-electron chi connectivity index (χ4n) is 2.49. The monoisotopic (exact) mass is 382 g/mol. The summed E-state index contributed by atoms with van der Waals surface area (Å²) in [5.41, 5.74) is 1.46. The van der Waals surface area contributed by atoms with Crippen LogP contribution in [0.4, 0.5) is 5.69 Å². The summed E-state index contributed by atoms with van der Waals surface area (Å²) in [7, 11) is 0. The number of nitrogens with zero attached hydrogens (tertiary/aromatic N) is 5. The van der Waals surface area contributed by atoms with Gasteiger partial charge in [0.2, 0.25) is 11.1 Å². The molecule has 0 unspecified atom stereocenters. The minimum absolute atomic E-state index is 0.113. The zero-order valence-corrected chi connectivity index (χ0v) is 16.8. The van der Waals surface area contributed by atoms with Crippen molar-refractivity contribution in [1.29, 1.82) is 0 Å². The lowest BCUT2D eigenvalue weighted by Crippen LogP contribution is -2.15. The molecule has 27 heavy (non-hydrogen) atoms. The maximum Gasteiger partial charge on any atom is 0.221 e. The largest absolute Gasteiger partial charge is 0.326 e. The van der Waals surface area contributed by atoms with Gasteiger partial charge < -0.3 is 5.32 Å². The number of aromatic nitrogens is 5. The van der Waals surface area contributed by atoms with Gasteiger partial charge in [-0.2, -0.15) is 0 Å². The van der Waals surface area contributed by atoms with Crippen molar-refractivity contribution >= 4 is 23.4 Å². The Labute approximate surface area is 162 Å². The third kappa shape index (κ3) is 4.51. The lowest BCUT2D eigenvalue weighted by Gasteiger charge is -2.16. The minimum Gasteiger partial charge on any atom is -0.326 e. The zero-order chi connectivity index (χ0) is 19.6. The van der Waals surface area contributed by atoms with Crippen LogP contribution in [0.2, 0.25) is 0 Å². The standard InChI is InChI=1S/C19H22N6OS/c1-12-23-24-18(27-16-9-10-20-17(22-16)19(3,4)5)25(12)15-8-6-7-14(11-15)21-13(2)26/h6-11H,1-5H3,(H,21,26). The summed E-state index contributed by atoms with van der Waals surface area (Å²) in [6.07, 6.45) is 1.76. The molecule has 3 aromatic rings. The molecule has 3 rings (SSSR count). The first-order valence-electron chi connectivity index (χ1n) is 8.55. The molecule has 1 aromatic carbocycles. The second-order valence-corrected chi connectivity index (χ2v) is 8.15. The zero-order valence-electron chi connectivity index (χ0n) is 16.0. The molecular weight excluding hydrogens is 360 g/mol. The first-order chi connectivity index (χ1) is 12.7. The molecule has 0 aliphatic carbocycles. The molecule has 140 valence electrons. The van der Waals surface area contributed by atoms with Gasteiger partial charge in [0.05, 0.1) is 5.69 Å². The van der Waals surface area contributed by atoms with Crippen molar-refractivity contribution in [1.82, 2.24) is 24.7 Å². The first kappa shape index (κ1) is 19.0. The number of hydrogen-bond donors (Lipinski definition) is 1. The predicted molar refractivity (Wildman–Crippen MR) is 105 cm³/mol. The molecule has 0 aliphatic rings. The van der Waals surface area contributed by atoms with Crippen molar-refractivity contribution in [2.45, 2.75) is 50.2 Å². The van der Waals surface area contributed by atoms with Crippen molar-refractivity contribution in [2.75, 3.05) is 5.32 Å². The molecule has 0 aliphatic heterocycles. The summed E-state index contributed by atoms with van der Waals surface area (Å²) >= 11 is 1.43. The summed E-state index contributed by atoms with van der Waals surface area (Å²) < 4.78 is 1.94. The van der Waals surface area contributed by atoms with E-state index in [1.54, 1.807) is 6.20 Å². The number of nitrogens with one attached hydrogen (secondary N) is 1. The Morgan fingerprint density at radius 3 is 2.67 bits per heavy atom. The van der Waals surface area contributed by atoms with E-state index in [1.807, 2.05) is 41.8 Å². The van der Waals surface area contributed by atoms with E-state index in [0.717, 1.165) is 28.0 Å². The summed E-state index contributed by atoms with van der Waals surface area (Å²) in [6, 6.07) is 9.44. The number of benzene rings is 1. The normalized spacial score (nSPS) is 11.4. The van der Waals surface area contributed by atoms with Gasteiger partial charge in [-0.3, -0.25) is 9.36 Å². The van der Waals surface area contributed by atoms with Gasteiger partial charge >= 0.3 is 0 Å². The Kier molecular flexibility index (Phi) is 5.27. The fraction of sp³-hybridized carbons (Fsp3) is 0.316. The van der Waals surface area contributed by atoms with Crippen molar-refractivity contribution in [2.24, 2.45) is 0 Å². The van der Waals surface area contributed by atoms with E-state index in [4.69, 9.17) is 0 Å². The average molecular weight is 382 g/mol. The van der Waals surface area contributed by atoms with Crippen LogP contribution in [0.15, 0.2) is 46.7 Å². The Morgan fingerprint density at radius 1 is 1.19 bits per heavy atom. The van der Waals surface area contributed by atoms with Crippen LogP contribution in [-0.2, 0) is 10.2 Å². The quantitative estimate of drug-likeness (QED) is 0.691. The van der Waals surface area contributed by atoms with Crippen LogP contribution in [0.25, 0.3) is 5.69 Å². The number of hydrogen-bond acceptors (Lipinski definition) is 6. The highest BCUT2D eigenvalue weighted by molar-refractivity contribution is 7.99. The number of aryl methyl sites for hydroxylation is 1. The number of anilines is 1. The van der Waals surface area contributed by atoms with E-state index in [1.165, 1.54) is 18.7 Å². The smallest absolute Gasteiger partial charge is 0.221 e. The molecule has 0 bridgehead atoms. The molecule has 2 aromatic heterocycles. The molecule has 0 saturated carbocycles. The summed E-state index contributed by atoms with van der Waals surface area (Å²) in [6.45, 7) is 9.62. The van der Waals surface area contributed by atoms with Crippen LogP contribution in [0.3, 0.4) is 0 Å². The Hall–Kier alpha value is -2.74. The van der Waals surface area contributed by atoms with E-state index in [0.29, 0.717) is 5.16 Å². The van der Waals surface area contributed by atoms with Crippen LogP contribution in [-0.4, -0.2) is 30.6 Å². The fourth-order valence-corrected chi connectivity index (χ4v) is 3.34. The van der Waals surface area contributed by atoms with Crippen LogP contribution < -0.4 is 5.32 Å². The lowest BCUT2D eigenvalue weighted by atomic mass is 9.96. The molecule has 2 heterocycles. The highest BCUT2D eigenvalue weighted by Gasteiger charge is 2.19. The van der Waals surface area contributed by atoms with Gasteiger partial charge in [0.15, 0.2) is 0 Å². The van der Waals surface area contributed by atoms with Gasteiger partial charge in [0, 0.05) is 24.2 Å². The molecule has 0 atom stereocenters. The topological polar surface area (TPSA) is 85.6 Å². The highest BCUT2D eigenvalue weighted by Crippen LogP contribution is 2.29. The maximum atomic E-state index is 11.3. The number of carbonyl (C=O) groups excluding carboxylic acids is 1. The number of amides is 1. The minimum atomic E-state index is -0.132.